The van der Waals surface area contributed by atoms with Gasteiger partial charge in [-0.05, 0) is 42.1 Å². The molecule has 114 valence electrons. The van der Waals surface area contributed by atoms with Crippen molar-refractivity contribution in [3.63, 3.8) is 0 Å². The van der Waals surface area contributed by atoms with Crippen molar-refractivity contribution in [2.45, 2.75) is 31.8 Å². The quantitative estimate of drug-likeness (QED) is 0.724. The highest BCUT2D eigenvalue weighted by molar-refractivity contribution is 7.80. The van der Waals surface area contributed by atoms with Crippen LogP contribution in [0.4, 0.5) is 0 Å². The minimum absolute atomic E-state index is 0.0773. The number of benzene rings is 1. The maximum Gasteiger partial charge on any atom is 0.184 e. The van der Waals surface area contributed by atoms with Crippen LogP contribution in [-0.4, -0.2) is 34.0 Å². The standard InChI is InChI=1S/C15H20ClN3OS/c1-14(6-7-14)15(20,9-19-13(21)17-10-18-19)8-11-4-2-3-5-12(11)16/h2-5,18,20H,6-10H2,1H3,(H,17,21). The Morgan fingerprint density at radius 3 is 2.71 bits per heavy atom. The highest BCUT2D eigenvalue weighted by Crippen LogP contribution is 2.55. The average molecular weight is 326 g/mol. The van der Waals surface area contributed by atoms with Crippen LogP contribution in [0.5, 0.6) is 0 Å². The summed E-state index contributed by atoms with van der Waals surface area (Å²) in [6, 6.07) is 7.71. The lowest BCUT2D eigenvalue weighted by Crippen LogP contribution is -2.53. The van der Waals surface area contributed by atoms with Crippen molar-refractivity contribution in [1.82, 2.24) is 15.8 Å². The first-order valence-electron chi connectivity index (χ1n) is 7.18. The topological polar surface area (TPSA) is 47.5 Å². The first kappa shape index (κ1) is 15.0. The Labute approximate surface area is 135 Å². The van der Waals surface area contributed by atoms with Gasteiger partial charge in [0.25, 0.3) is 0 Å². The number of rotatable bonds is 5. The van der Waals surface area contributed by atoms with Crippen LogP contribution in [-0.2, 0) is 6.42 Å². The fraction of sp³-hybridized carbons (Fsp3) is 0.533. The summed E-state index contributed by atoms with van der Waals surface area (Å²) in [5.74, 6) is 0. The largest absolute Gasteiger partial charge is 0.387 e. The summed E-state index contributed by atoms with van der Waals surface area (Å²) in [5, 5.41) is 17.6. The zero-order chi connectivity index (χ0) is 15.1. The zero-order valence-corrected chi connectivity index (χ0v) is 13.6. The van der Waals surface area contributed by atoms with Gasteiger partial charge in [-0.1, -0.05) is 36.7 Å². The molecule has 2 fully saturated rings. The third-order valence-corrected chi connectivity index (χ3v) is 5.47. The molecule has 1 saturated carbocycles. The Kier molecular flexibility index (Phi) is 3.86. The third-order valence-electron chi connectivity index (χ3n) is 4.74. The van der Waals surface area contributed by atoms with E-state index in [9.17, 15) is 5.11 Å². The second-order valence-corrected chi connectivity index (χ2v) is 7.06. The Bertz CT molecular complexity index is 564. The van der Waals surface area contributed by atoms with Crippen LogP contribution in [0.3, 0.4) is 0 Å². The number of hydrazine groups is 1. The number of β-amino-alcohol motifs (C(OH)–C–C–N with tert-alkyl or cyclic N) is 1. The minimum Gasteiger partial charge on any atom is -0.387 e. The number of halogens is 1. The molecule has 21 heavy (non-hydrogen) atoms. The van der Waals surface area contributed by atoms with E-state index in [-0.39, 0.29) is 5.41 Å². The number of nitrogens with zero attached hydrogens (tertiary/aromatic N) is 1. The number of hydrogen-bond donors (Lipinski definition) is 3. The van der Waals surface area contributed by atoms with Crippen molar-refractivity contribution in [3.8, 4) is 0 Å². The van der Waals surface area contributed by atoms with Gasteiger partial charge in [-0.2, -0.15) is 0 Å². The van der Waals surface area contributed by atoms with E-state index in [1.165, 1.54) is 0 Å². The Balaban J connectivity index is 1.84. The van der Waals surface area contributed by atoms with Crippen molar-refractivity contribution in [3.05, 3.63) is 34.9 Å². The molecule has 0 spiro atoms. The fourth-order valence-corrected chi connectivity index (χ4v) is 3.24. The van der Waals surface area contributed by atoms with Gasteiger partial charge in [0.2, 0.25) is 0 Å². The molecule has 3 rings (SSSR count). The van der Waals surface area contributed by atoms with E-state index in [4.69, 9.17) is 23.8 Å². The summed E-state index contributed by atoms with van der Waals surface area (Å²) in [6.45, 7) is 3.20. The van der Waals surface area contributed by atoms with Crippen LogP contribution in [0.1, 0.15) is 25.3 Å². The van der Waals surface area contributed by atoms with E-state index >= 15 is 0 Å². The van der Waals surface area contributed by atoms with Gasteiger partial charge >= 0.3 is 0 Å². The molecular weight excluding hydrogens is 306 g/mol. The van der Waals surface area contributed by atoms with Gasteiger partial charge in [0.15, 0.2) is 5.11 Å². The predicted octanol–water partition coefficient (Wildman–Crippen LogP) is 2.07. The molecule has 0 aromatic heterocycles. The predicted molar refractivity (Wildman–Crippen MR) is 87.9 cm³/mol. The van der Waals surface area contributed by atoms with Crippen molar-refractivity contribution in [2.75, 3.05) is 13.2 Å². The maximum atomic E-state index is 11.3. The second-order valence-electron chi connectivity index (χ2n) is 6.26. The molecule has 0 radical (unpaired) electrons. The van der Waals surface area contributed by atoms with Crippen LogP contribution in [0.15, 0.2) is 24.3 Å². The number of hydrogen-bond acceptors (Lipinski definition) is 3. The molecule has 1 aromatic rings. The monoisotopic (exact) mass is 325 g/mol. The molecule has 4 nitrogen and oxygen atoms in total. The van der Waals surface area contributed by atoms with Crippen molar-refractivity contribution >= 4 is 28.9 Å². The van der Waals surface area contributed by atoms with E-state index in [1.807, 2.05) is 29.3 Å². The molecule has 2 aliphatic rings. The lowest BCUT2D eigenvalue weighted by atomic mass is 9.80. The van der Waals surface area contributed by atoms with E-state index in [1.54, 1.807) is 0 Å². The summed E-state index contributed by atoms with van der Waals surface area (Å²) in [7, 11) is 0. The molecule has 1 aromatic carbocycles. The Hall–Kier alpha value is -0.880. The van der Waals surface area contributed by atoms with Crippen LogP contribution >= 0.6 is 23.8 Å². The molecule has 1 atom stereocenters. The molecule has 3 N–H and O–H groups in total. The molecule has 6 heteroatoms. The average Bonchev–Trinajstić information content (AvgIpc) is 3.09. The Morgan fingerprint density at radius 1 is 1.43 bits per heavy atom. The van der Waals surface area contributed by atoms with Gasteiger partial charge < -0.3 is 10.4 Å². The summed E-state index contributed by atoms with van der Waals surface area (Å²) < 4.78 is 0. The van der Waals surface area contributed by atoms with Crippen LogP contribution in [0.25, 0.3) is 0 Å². The summed E-state index contributed by atoms with van der Waals surface area (Å²) >= 11 is 11.5. The number of nitrogens with one attached hydrogen (secondary N) is 2. The van der Waals surface area contributed by atoms with Gasteiger partial charge in [0.05, 0.1) is 18.8 Å². The van der Waals surface area contributed by atoms with Crippen LogP contribution in [0.2, 0.25) is 5.02 Å². The molecular formula is C15H20ClN3OS. The van der Waals surface area contributed by atoms with Gasteiger partial charge in [-0.3, -0.25) is 5.01 Å². The first-order chi connectivity index (χ1) is 9.94. The van der Waals surface area contributed by atoms with Crippen molar-refractivity contribution in [2.24, 2.45) is 5.41 Å². The molecule has 1 saturated heterocycles. The van der Waals surface area contributed by atoms with Crippen molar-refractivity contribution < 1.29 is 5.11 Å². The highest BCUT2D eigenvalue weighted by atomic mass is 35.5. The van der Waals surface area contributed by atoms with E-state index in [2.05, 4.69) is 17.7 Å². The van der Waals surface area contributed by atoms with Crippen LogP contribution < -0.4 is 10.7 Å². The normalized spacial score (nSPS) is 22.8. The molecule has 0 amide bonds. The lowest BCUT2D eigenvalue weighted by molar-refractivity contribution is -0.0447. The Morgan fingerprint density at radius 2 is 2.14 bits per heavy atom. The highest BCUT2D eigenvalue weighted by Gasteiger charge is 2.56. The number of thiocarbonyl (C=S) groups is 1. The van der Waals surface area contributed by atoms with Gasteiger partial charge in [-0.15, -0.1) is 0 Å². The SMILES string of the molecule is CC1(C(O)(Cc2ccccc2Cl)CN2NCNC2=S)CC1. The first-order valence-corrected chi connectivity index (χ1v) is 7.97. The smallest absolute Gasteiger partial charge is 0.184 e. The third kappa shape index (κ3) is 2.88. The van der Waals surface area contributed by atoms with E-state index in [0.29, 0.717) is 29.8 Å². The summed E-state index contributed by atoms with van der Waals surface area (Å²) in [5.41, 5.74) is 3.19. The fourth-order valence-electron chi connectivity index (χ4n) is 2.84. The van der Waals surface area contributed by atoms with Gasteiger partial charge in [0, 0.05) is 11.4 Å². The molecule has 1 aliphatic carbocycles. The van der Waals surface area contributed by atoms with Gasteiger partial charge in [-0.25, -0.2) is 5.43 Å². The maximum absolute atomic E-state index is 11.3. The molecule has 1 unspecified atom stereocenters. The van der Waals surface area contributed by atoms with E-state index < -0.39 is 5.60 Å². The van der Waals surface area contributed by atoms with Crippen LogP contribution in [0, 0.1) is 5.41 Å². The van der Waals surface area contributed by atoms with Gasteiger partial charge in [0.1, 0.15) is 0 Å². The van der Waals surface area contributed by atoms with E-state index in [0.717, 1.165) is 18.4 Å². The van der Waals surface area contributed by atoms with Crippen molar-refractivity contribution in [1.29, 1.82) is 0 Å². The molecule has 1 heterocycles. The number of aliphatic hydroxyl groups is 1. The summed E-state index contributed by atoms with van der Waals surface area (Å²) in [4.78, 5) is 0. The zero-order valence-electron chi connectivity index (χ0n) is 12.0. The second kappa shape index (κ2) is 5.39. The molecule has 0 bridgehead atoms. The minimum atomic E-state index is -0.860. The summed E-state index contributed by atoms with van der Waals surface area (Å²) in [6.07, 6.45) is 2.59. The lowest BCUT2D eigenvalue weighted by Gasteiger charge is -2.38. The molecule has 1 aliphatic heterocycles.